The number of rotatable bonds is 5. The molecule has 3 rings (SSSR count). The maximum atomic E-state index is 9.23. The van der Waals surface area contributed by atoms with Gasteiger partial charge in [-0.15, -0.1) is 0 Å². The molecule has 0 amide bonds. The van der Waals surface area contributed by atoms with E-state index in [9.17, 15) is 5.26 Å². The Bertz CT molecular complexity index is 689. The molecule has 0 aromatic carbocycles. The van der Waals surface area contributed by atoms with Gasteiger partial charge < -0.3 is 14.5 Å². The molecule has 0 bridgehead atoms. The van der Waals surface area contributed by atoms with Gasteiger partial charge in [0, 0.05) is 45.5 Å². The van der Waals surface area contributed by atoms with Crippen LogP contribution in [0.3, 0.4) is 0 Å². The second-order valence-electron chi connectivity index (χ2n) is 7.05. The van der Waals surface area contributed by atoms with Crippen LogP contribution >= 0.6 is 0 Å². The summed E-state index contributed by atoms with van der Waals surface area (Å²) in [5, 5.41) is 9.23. The molecule has 2 fully saturated rings. The predicted molar refractivity (Wildman–Crippen MR) is 106 cm³/mol. The minimum Gasteiger partial charge on any atom is -0.365 e. The third kappa shape index (κ3) is 5.68. The van der Waals surface area contributed by atoms with Gasteiger partial charge in [-0.05, 0) is 31.5 Å². The average molecular weight is 367 g/mol. The van der Waals surface area contributed by atoms with Gasteiger partial charge in [0.25, 0.3) is 0 Å². The van der Waals surface area contributed by atoms with Gasteiger partial charge in [0.1, 0.15) is 18.5 Å². The van der Waals surface area contributed by atoms with Crippen molar-refractivity contribution in [1.29, 1.82) is 5.26 Å². The zero-order valence-electron chi connectivity index (χ0n) is 16.2. The highest BCUT2D eigenvalue weighted by Crippen LogP contribution is 2.22. The quantitative estimate of drug-likeness (QED) is 0.737. The first-order chi connectivity index (χ1) is 13.3. The van der Waals surface area contributed by atoms with Crippen LogP contribution in [0.15, 0.2) is 18.3 Å². The molecule has 1 aromatic heterocycles. The molecular weight excluding hydrogens is 338 g/mol. The van der Waals surface area contributed by atoms with Crippen molar-refractivity contribution >= 4 is 5.82 Å². The summed E-state index contributed by atoms with van der Waals surface area (Å²) in [4.78, 5) is 11.4. The second kappa shape index (κ2) is 10.3. The van der Waals surface area contributed by atoms with E-state index in [-0.39, 0.29) is 6.10 Å². The minimum absolute atomic E-state index is 0.248. The molecule has 0 unspecified atom stereocenters. The fraction of sp³-hybridized carbons (Fsp3) is 0.619. The summed E-state index contributed by atoms with van der Waals surface area (Å²) in [5.41, 5.74) is 0.641. The van der Waals surface area contributed by atoms with Crippen molar-refractivity contribution < 1.29 is 4.74 Å². The van der Waals surface area contributed by atoms with E-state index in [0.29, 0.717) is 12.2 Å². The Labute approximate surface area is 162 Å². The lowest BCUT2D eigenvalue weighted by Crippen LogP contribution is -2.46. The number of pyridine rings is 1. The first-order valence-corrected chi connectivity index (χ1v) is 9.92. The number of hydrogen-bond acceptors (Lipinski definition) is 6. The molecule has 2 saturated heterocycles. The predicted octanol–water partition coefficient (Wildman–Crippen LogP) is 1.58. The average Bonchev–Trinajstić information content (AvgIpc) is 2.74. The molecule has 0 atom stereocenters. The smallest absolute Gasteiger partial charge is 0.146 e. The maximum absolute atomic E-state index is 9.23. The van der Waals surface area contributed by atoms with Crippen LogP contribution in [0.2, 0.25) is 0 Å². The van der Waals surface area contributed by atoms with Crippen molar-refractivity contribution in [2.45, 2.75) is 25.9 Å². The van der Waals surface area contributed by atoms with E-state index in [1.807, 2.05) is 6.07 Å². The van der Waals surface area contributed by atoms with E-state index in [1.54, 1.807) is 12.3 Å². The molecule has 27 heavy (non-hydrogen) atoms. The molecule has 0 saturated carbocycles. The first-order valence-electron chi connectivity index (χ1n) is 9.92. The van der Waals surface area contributed by atoms with Gasteiger partial charge >= 0.3 is 0 Å². The second-order valence-corrected chi connectivity index (χ2v) is 7.05. The zero-order valence-corrected chi connectivity index (χ0v) is 16.2. The number of ether oxygens (including phenoxy) is 1. The van der Waals surface area contributed by atoms with Crippen LogP contribution in [0.1, 0.15) is 25.3 Å². The van der Waals surface area contributed by atoms with Crippen molar-refractivity contribution in [3.05, 3.63) is 23.9 Å². The number of anilines is 1. The van der Waals surface area contributed by atoms with Gasteiger partial charge in [0.2, 0.25) is 0 Å². The van der Waals surface area contributed by atoms with Crippen LogP contribution in [-0.2, 0) is 4.74 Å². The monoisotopic (exact) mass is 367 g/mol. The number of nitrogens with zero attached hydrogens (tertiary/aromatic N) is 5. The molecule has 144 valence electrons. The van der Waals surface area contributed by atoms with Crippen LogP contribution < -0.4 is 4.90 Å². The SMILES string of the molecule is CCN1CCN(CC#CCOC2CCN(c3ncccc3C#N)CC2)CC1. The van der Waals surface area contributed by atoms with Crippen molar-refractivity contribution in [3.63, 3.8) is 0 Å². The minimum atomic E-state index is 0.248. The van der Waals surface area contributed by atoms with Crippen LogP contribution in [0.25, 0.3) is 0 Å². The molecular formula is C21H29N5O. The molecule has 6 nitrogen and oxygen atoms in total. The Morgan fingerprint density at radius 1 is 1.11 bits per heavy atom. The lowest BCUT2D eigenvalue weighted by Gasteiger charge is -2.33. The summed E-state index contributed by atoms with van der Waals surface area (Å²) in [6.07, 6.45) is 3.89. The summed E-state index contributed by atoms with van der Waals surface area (Å²) >= 11 is 0. The van der Waals surface area contributed by atoms with Crippen LogP contribution in [0.5, 0.6) is 0 Å². The van der Waals surface area contributed by atoms with Gasteiger partial charge in [-0.2, -0.15) is 5.26 Å². The number of piperidine rings is 1. The van der Waals surface area contributed by atoms with Crippen LogP contribution in [0.4, 0.5) is 5.82 Å². The first kappa shape index (κ1) is 19.6. The highest BCUT2D eigenvalue weighted by molar-refractivity contribution is 5.53. The summed E-state index contributed by atoms with van der Waals surface area (Å²) in [6.45, 7) is 11.0. The van der Waals surface area contributed by atoms with Crippen molar-refractivity contribution in [1.82, 2.24) is 14.8 Å². The topological polar surface area (TPSA) is 55.6 Å². The molecule has 2 aliphatic rings. The Morgan fingerprint density at radius 3 is 2.56 bits per heavy atom. The molecule has 3 heterocycles. The number of nitriles is 1. The van der Waals surface area contributed by atoms with Gasteiger partial charge in [0.05, 0.1) is 18.2 Å². The zero-order chi connectivity index (χ0) is 18.9. The standard InChI is InChI=1S/C21H29N5O/c1-2-24-13-15-25(16-14-24)10-3-4-17-27-20-7-11-26(12-8-20)21-19(18-22)6-5-9-23-21/h5-6,9,20H,2,7-8,10-17H2,1H3. The molecule has 1 aromatic rings. The third-order valence-electron chi connectivity index (χ3n) is 5.38. The lowest BCUT2D eigenvalue weighted by atomic mass is 10.1. The molecule has 0 radical (unpaired) electrons. The van der Waals surface area contributed by atoms with Crippen molar-refractivity contribution in [2.24, 2.45) is 0 Å². The highest BCUT2D eigenvalue weighted by atomic mass is 16.5. The van der Waals surface area contributed by atoms with Crippen LogP contribution in [0, 0.1) is 23.2 Å². The van der Waals surface area contributed by atoms with Gasteiger partial charge in [0.15, 0.2) is 0 Å². The Balaban J connectivity index is 1.34. The van der Waals surface area contributed by atoms with E-state index in [1.165, 1.54) is 0 Å². The van der Waals surface area contributed by atoms with E-state index < -0.39 is 0 Å². The Morgan fingerprint density at radius 2 is 1.85 bits per heavy atom. The summed E-state index contributed by atoms with van der Waals surface area (Å²) in [7, 11) is 0. The third-order valence-corrected chi connectivity index (χ3v) is 5.38. The van der Waals surface area contributed by atoms with E-state index in [2.05, 4.69) is 44.5 Å². The molecule has 0 spiro atoms. The number of likely N-dealkylation sites (N-methyl/N-ethyl adjacent to an activating group) is 1. The van der Waals surface area contributed by atoms with Crippen molar-refractivity contribution in [2.75, 3.05) is 63.9 Å². The summed E-state index contributed by atoms with van der Waals surface area (Å²) < 4.78 is 5.94. The van der Waals surface area contributed by atoms with E-state index >= 15 is 0 Å². The fourth-order valence-corrected chi connectivity index (χ4v) is 3.61. The van der Waals surface area contributed by atoms with Crippen LogP contribution in [-0.4, -0.2) is 79.9 Å². The number of piperazine rings is 1. The highest BCUT2D eigenvalue weighted by Gasteiger charge is 2.22. The van der Waals surface area contributed by atoms with E-state index in [0.717, 1.165) is 71.0 Å². The molecule has 0 N–H and O–H groups in total. The van der Waals surface area contributed by atoms with Gasteiger partial charge in [-0.3, -0.25) is 4.90 Å². The Kier molecular flexibility index (Phi) is 7.47. The number of aromatic nitrogens is 1. The summed E-state index contributed by atoms with van der Waals surface area (Å²) in [5.74, 6) is 7.22. The Hall–Kier alpha value is -2.12. The molecule has 6 heteroatoms. The fourth-order valence-electron chi connectivity index (χ4n) is 3.61. The molecule has 0 aliphatic carbocycles. The lowest BCUT2D eigenvalue weighted by molar-refractivity contribution is 0.0593. The van der Waals surface area contributed by atoms with Gasteiger partial charge in [-0.1, -0.05) is 18.8 Å². The van der Waals surface area contributed by atoms with Gasteiger partial charge in [-0.25, -0.2) is 4.98 Å². The maximum Gasteiger partial charge on any atom is 0.146 e. The normalized spacial score (nSPS) is 19.3. The summed E-state index contributed by atoms with van der Waals surface area (Å²) in [6, 6.07) is 5.85. The largest absolute Gasteiger partial charge is 0.365 e. The van der Waals surface area contributed by atoms with E-state index in [4.69, 9.17) is 4.74 Å². The van der Waals surface area contributed by atoms with Crippen molar-refractivity contribution in [3.8, 4) is 17.9 Å². The number of hydrogen-bond donors (Lipinski definition) is 0. The molecule has 2 aliphatic heterocycles.